The van der Waals surface area contributed by atoms with E-state index in [0.717, 1.165) is 0 Å². The van der Waals surface area contributed by atoms with Gasteiger partial charge < -0.3 is 9.80 Å². The van der Waals surface area contributed by atoms with Crippen LogP contribution in [0.15, 0.2) is 0 Å². The van der Waals surface area contributed by atoms with E-state index in [9.17, 15) is 0 Å². The van der Waals surface area contributed by atoms with Crippen LogP contribution < -0.4 is 0 Å². The van der Waals surface area contributed by atoms with E-state index >= 15 is 0 Å². The van der Waals surface area contributed by atoms with Crippen LogP contribution in [0.5, 0.6) is 0 Å². The first kappa shape index (κ1) is 13.4. The molecule has 0 amide bonds. The lowest BCUT2D eigenvalue weighted by Crippen LogP contribution is -2.30. The molecular weight excluding hydrogens is 208 g/mol. The predicted molar refractivity (Wildman–Crippen MR) is 74.4 cm³/mol. The minimum Gasteiger partial charge on any atom is -0.303 e. The molecule has 2 aliphatic heterocycles. The molecule has 2 fully saturated rings. The average Bonchev–Trinajstić information content (AvgIpc) is 2.88. The average molecular weight is 238 g/mol. The molecule has 0 radical (unpaired) electrons. The summed E-state index contributed by atoms with van der Waals surface area (Å²) in [4.78, 5) is 5.31. The maximum atomic E-state index is 2.67. The second-order valence-electron chi connectivity index (χ2n) is 5.87. The Bertz CT molecular complexity index is 181. The fraction of sp³-hybridized carbons (Fsp3) is 1.00. The molecule has 17 heavy (non-hydrogen) atoms. The molecule has 0 unspecified atom stereocenters. The van der Waals surface area contributed by atoms with Crippen molar-refractivity contribution in [3.05, 3.63) is 0 Å². The Labute approximate surface area is 107 Å². The zero-order chi connectivity index (χ0) is 11.8. The third kappa shape index (κ3) is 5.39. The van der Waals surface area contributed by atoms with Crippen molar-refractivity contribution in [1.29, 1.82) is 0 Å². The number of nitrogens with zero attached hydrogens (tertiary/aromatic N) is 2. The lowest BCUT2D eigenvalue weighted by Gasteiger charge is -2.26. The van der Waals surface area contributed by atoms with Crippen molar-refractivity contribution in [1.82, 2.24) is 9.80 Å². The minimum absolute atomic E-state index is 1.36. The number of unbranched alkanes of at least 4 members (excludes halogenated alkanes) is 3. The van der Waals surface area contributed by atoms with Gasteiger partial charge in [-0.05, 0) is 77.8 Å². The van der Waals surface area contributed by atoms with E-state index in [-0.39, 0.29) is 0 Å². The van der Waals surface area contributed by atoms with Crippen molar-refractivity contribution in [3.63, 3.8) is 0 Å². The Hall–Kier alpha value is -0.0800. The molecular formula is C15H30N2. The van der Waals surface area contributed by atoms with E-state index in [1.807, 2.05) is 0 Å². The summed E-state index contributed by atoms with van der Waals surface area (Å²) < 4.78 is 0. The molecule has 0 aromatic heterocycles. The number of hydrogen-bond acceptors (Lipinski definition) is 2. The van der Waals surface area contributed by atoms with Gasteiger partial charge in [-0.15, -0.1) is 0 Å². The Morgan fingerprint density at radius 1 is 0.471 bits per heavy atom. The topological polar surface area (TPSA) is 6.48 Å². The molecule has 0 aromatic carbocycles. The zero-order valence-electron chi connectivity index (χ0n) is 11.5. The zero-order valence-corrected chi connectivity index (χ0v) is 11.5. The maximum absolute atomic E-state index is 2.67. The van der Waals surface area contributed by atoms with Gasteiger partial charge in [0.15, 0.2) is 0 Å². The molecule has 2 aliphatic rings. The van der Waals surface area contributed by atoms with Gasteiger partial charge in [0, 0.05) is 0 Å². The molecule has 2 nitrogen and oxygen atoms in total. The smallest absolute Gasteiger partial charge is 0.00183 e. The predicted octanol–water partition coefficient (Wildman–Crippen LogP) is 3.13. The molecule has 0 spiro atoms. The quantitative estimate of drug-likeness (QED) is 0.629. The van der Waals surface area contributed by atoms with Gasteiger partial charge in [0.25, 0.3) is 0 Å². The van der Waals surface area contributed by atoms with Crippen molar-refractivity contribution in [2.45, 2.75) is 57.8 Å². The Balaban J connectivity index is 1.38. The van der Waals surface area contributed by atoms with Gasteiger partial charge >= 0.3 is 0 Å². The van der Waals surface area contributed by atoms with E-state index in [0.29, 0.717) is 0 Å². The van der Waals surface area contributed by atoms with Gasteiger partial charge in [0.1, 0.15) is 0 Å². The summed E-state index contributed by atoms with van der Waals surface area (Å²) in [5.41, 5.74) is 0. The highest BCUT2D eigenvalue weighted by molar-refractivity contribution is 4.66. The van der Waals surface area contributed by atoms with Crippen LogP contribution >= 0.6 is 0 Å². The van der Waals surface area contributed by atoms with Crippen molar-refractivity contribution >= 4 is 0 Å². The molecule has 0 bridgehead atoms. The van der Waals surface area contributed by atoms with Gasteiger partial charge in [0.05, 0.1) is 0 Å². The highest BCUT2D eigenvalue weighted by atomic mass is 15.1. The van der Waals surface area contributed by atoms with Crippen LogP contribution in [0.25, 0.3) is 0 Å². The Morgan fingerprint density at radius 3 is 1.35 bits per heavy atom. The number of likely N-dealkylation sites (tertiary alicyclic amines) is 2. The lowest BCUT2D eigenvalue weighted by molar-refractivity contribution is 0.223. The first-order valence-electron chi connectivity index (χ1n) is 7.90. The molecule has 0 N–H and O–H groups in total. The highest BCUT2D eigenvalue weighted by Crippen LogP contribution is 2.12. The minimum atomic E-state index is 1.36. The van der Waals surface area contributed by atoms with Crippen LogP contribution in [0.1, 0.15) is 57.8 Å². The SMILES string of the molecule is C(CCCN1CCCC1)CCN1CCCCC1. The summed E-state index contributed by atoms with van der Waals surface area (Å²) in [6.07, 6.45) is 13.0. The molecule has 2 heterocycles. The molecule has 2 rings (SSSR count). The maximum Gasteiger partial charge on any atom is -0.00183 e. The summed E-state index contributed by atoms with van der Waals surface area (Å²) in [7, 11) is 0. The molecule has 0 atom stereocenters. The van der Waals surface area contributed by atoms with E-state index in [4.69, 9.17) is 0 Å². The summed E-state index contributed by atoms with van der Waals surface area (Å²) >= 11 is 0. The van der Waals surface area contributed by atoms with Gasteiger partial charge in [0.2, 0.25) is 0 Å². The van der Waals surface area contributed by atoms with E-state index in [2.05, 4.69) is 9.80 Å². The number of piperidine rings is 1. The molecule has 2 saturated heterocycles. The lowest BCUT2D eigenvalue weighted by atomic mass is 10.1. The largest absolute Gasteiger partial charge is 0.303 e. The van der Waals surface area contributed by atoms with Crippen LogP contribution in [-0.4, -0.2) is 49.1 Å². The van der Waals surface area contributed by atoms with E-state index < -0.39 is 0 Å². The van der Waals surface area contributed by atoms with Crippen molar-refractivity contribution < 1.29 is 0 Å². The first-order chi connectivity index (χ1) is 8.45. The van der Waals surface area contributed by atoms with Crippen LogP contribution in [0, 0.1) is 0 Å². The Morgan fingerprint density at radius 2 is 0.882 bits per heavy atom. The molecule has 0 aromatic rings. The van der Waals surface area contributed by atoms with Crippen LogP contribution in [0.3, 0.4) is 0 Å². The standard InChI is InChI=1S/C15H30N2/c1(2-5-11-17-14-8-9-15-17)4-10-16-12-6-3-7-13-16/h1-15H2. The summed E-state index contributed by atoms with van der Waals surface area (Å²) in [6.45, 7) is 8.20. The molecule has 2 heteroatoms. The van der Waals surface area contributed by atoms with Crippen molar-refractivity contribution in [3.8, 4) is 0 Å². The van der Waals surface area contributed by atoms with Crippen LogP contribution in [-0.2, 0) is 0 Å². The monoisotopic (exact) mass is 238 g/mol. The second kappa shape index (κ2) is 8.10. The number of hydrogen-bond donors (Lipinski definition) is 0. The third-order valence-electron chi connectivity index (χ3n) is 4.35. The van der Waals surface area contributed by atoms with Gasteiger partial charge in [-0.3, -0.25) is 0 Å². The van der Waals surface area contributed by atoms with Gasteiger partial charge in [-0.25, -0.2) is 0 Å². The summed E-state index contributed by atoms with van der Waals surface area (Å²) in [5.74, 6) is 0. The third-order valence-corrected chi connectivity index (χ3v) is 4.35. The normalized spacial score (nSPS) is 23.3. The van der Waals surface area contributed by atoms with Crippen LogP contribution in [0.2, 0.25) is 0 Å². The Kier molecular flexibility index (Phi) is 6.36. The van der Waals surface area contributed by atoms with Crippen molar-refractivity contribution in [2.75, 3.05) is 39.3 Å². The van der Waals surface area contributed by atoms with Crippen molar-refractivity contribution in [2.24, 2.45) is 0 Å². The fourth-order valence-electron chi connectivity index (χ4n) is 3.21. The van der Waals surface area contributed by atoms with Gasteiger partial charge in [-0.2, -0.15) is 0 Å². The van der Waals surface area contributed by atoms with E-state index in [1.54, 1.807) is 0 Å². The molecule has 0 aliphatic carbocycles. The second-order valence-corrected chi connectivity index (χ2v) is 5.87. The molecule has 0 saturated carbocycles. The van der Waals surface area contributed by atoms with Gasteiger partial charge in [-0.1, -0.05) is 19.3 Å². The van der Waals surface area contributed by atoms with Crippen LogP contribution in [0.4, 0.5) is 0 Å². The summed E-state index contributed by atoms with van der Waals surface area (Å²) in [5, 5.41) is 0. The highest BCUT2D eigenvalue weighted by Gasteiger charge is 2.11. The number of rotatable bonds is 7. The van der Waals surface area contributed by atoms with E-state index in [1.165, 1.54) is 97.1 Å². The molecule has 100 valence electrons. The fourth-order valence-corrected chi connectivity index (χ4v) is 3.21. The first-order valence-corrected chi connectivity index (χ1v) is 7.90. The summed E-state index contributed by atoms with van der Waals surface area (Å²) in [6, 6.07) is 0.